The number of ketones is 1. The smallest absolute Gasteiger partial charge is 0.377 e. The maximum absolute atomic E-state index is 11.6. The van der Waals surface area contributed by atoms with Gasteiger partial charge in [0.25, 0.3) is 5.78 Å². The molecular weight excluding hydrogens is 356 g/mol. The Hall–Kier alpha value is -0.940. The van der Waals surface area contributed by atoms with Crippen LogP contribution in [0.3, 0.4) is 0 Å². The molecular formula is C23H44O5. The molecule has 0 amide bonds. The van der Waals surface area contributed by atoms with E-state index in [2.05, 4.69) is 11.7 Å². The SMILES string of the molecule is CCCCCCCCCCCCCCCCCC(O)C(=O)C(=O)OCC(C)O. The standard InChI is InChI=1S/C23H44O5/c1-3-4-5-6-7-8-9-10-11-12-13-14-15-16-17-18-21(25)22(26)23(27)28-19-20(2)24/h20-21,24-25H,3-19H2,1-2H3. The van der Waals surface area contributed by atoms with Gasteiger partial charge >= 0.3 is 5.97 Å². The summed E-state index contributed by atoms with van der Waals surface area (Å²) in [5, 5.41) is 18.8. The topological polar surface area (TPSA) is 83.8 Å². The predicted octanol–water partition coefficient (Wildman–Crippen LogP) is 5.10. The number of unbranched alkanes of at least 4 members (excludes halogenated alkanes) is 14. The molecule has 2 N–H and O–H groups in total. The number of esters is 1. The van der Waals surface area contributed by atoms with Crippen molar-refractivity contribution in [2.75, 3.05) is 6.61 Å². The van der Waals surface area contributed by atoms with Gasteiger partial charge in [-0.25, -0.2) is 4.79 Å². The average Bonchev–Trinajstić information content (AvgIpc) is 2.68. The number of rotatable bonds is 20. The zero-order valence-electron chi connectivity index (χ0n) is 18.3. The maximum atomic E-state index is 11.6. The molecule has 2 atom stereocenters. The van der Waals surface area contributed by atoms with E-state index >= 15 is 0 Å². The summed E-state index contributed by atoms with van der Waals surface area (Å²) in [6, 6.07) is 0. The number of hydrogen-bond donors (Lipinski definition) is 2. The van der Waals surface area contributed by atoms with Crippen LogP contribution in [0.4, 0.5) is 0 Å². The van der Waals surface area contributed by atoms with E-state index in [0.717, 1.165) is 19.3 Å². The van der Waals surface area contributed by atoms with Gasteiger partial charge in [0.1, 0.15) is 12.7 Å². The summed E-state index contributed by atoms with van der Waals surface area (Å²) in [4.78, 5) is 23.0. The number of ether oxygens (including phenoxy) is 1. The third kappa shape index (κ3) is 17.2. The van der Waals surface area contributed by atoms with Crippen molar-refractivity contribution >= 4 is 11.8 Å². The van der Waals surface area contributed by atoms with Crippen molar-refractivity contribution < 1.29 is 24.5 Å². The highest BCUT2D eigenvalue weighted by molar-refractivity contribution is 6.35. The number of aliphatic hydroxyl groups excluding tert-OH is 2. The Morgan fingerprint density at radius 2 is 1.11 bits per heavy atom. The van der Waals surface area contributed by atoms with Crippen LogP contribution in [0.5, 0.6) is 0 Å². The largest absolute Gasteiger partial charge is 0.457 e. The molecule has 5 nitrogen and oxygen atoms in total. The zero-order valence-corrected chi connectivity index (χ0v) is 18.3. The van der Waals surface area contributed by atoms with E-state index in [-0.39, 0.29) is 6.61 Å². The highest BCUT2D eigenvalue weighted by atomic mass is 16.5. The molecule has 0 saturated heterocycles. The average molecular weight is 401 g/mol. The number of hydrogen-bond acceptors (Lipinski definition) is 5. The third-order valence-corrected chi connectivity index (χ3v) is 5.04. The minimum atomic E-state index is -1.29. The summed E-state index contributed by atoms with van der Waals surface area (Å²) in [7, 11) is 0. The Morgan fingerprint density at radius 3 is 1.50 bits per heavy atom. The van der Waals surface area contributed by atoms with E-state index < -0.39 is 24.0 Å². The van der Waals surface area contributed by atoms with Gasteiger partial charge in [-0.2, -0.15) is 0 Å². The second kappa shape index (κ2) is 19.4. The molecule has 0 saturated carbocycles. The van der Waals surface area contributed by atoms with Crippen LogP contribution in [0.15, 0.2) is 0 Å². The van der Waals surface area contributed by atoms with Crippen molar-refractivity contribution in [1.82, 2.24) is 0 Å². The van der Waals surface area contributed by atoms with Gasteiger partial charge in [-0.05, 0) is 13.3 Å². The van der Waals surface area contributed by atoms with Crippen LogP contribution in [0, 0.1) is 0 Å². The van der Waals surface area contributed by atoms with Gasteiger partial charge in [0, 0.05) is 0 Å². The summed E-state index contributed by atoms with van der Waals surface area (Å²) < 4.78 is 4.62. The lowest BCUT2D eigenvalue weighted by molar-refractivity contribution is -0.159. The van der Waals surface area contributed by atoms with Crippen molar-refractivity contribution in [3.63, 3.8) is 0 Å². The number of aliphatic hydroxyl groups is 2. The van der Waals surface area contributed by atoms with Crippen molar-refractivity contribution in [1.29, 1.82) is 0 Å². The summed E-state index contributed by atoms with van der Waals surface area (Å²) in [6.45, 7) is 3.49. The fraction of sp³-hybridized carbons (Fsp3) is 0.913. The molecule has 0 bridgehead atoms. The predicted molar refractivity (Wildman–Crippen MR) is 113 cm³/mol. The van der Waals surface area contributed by atoms with Crippen LogP contribution in [0.25, 0.3) is 0 Å². The van der Waals surface area contributed by atoms with E-state index in [0.29, 0.717) is 6.42 Å². The first-order valence-corrected chi connectivity index (χ1v) is 11.6. The lowest BCUT2D eigenvalue weighted by atomic mass is 10.0. The number of carbonyl (C=O) groups excluding carboxylic acids is 2. The number of carbonyl (C=O) groups is 2. The van der Waals surface area contributed by atoms with Gasteiger partial charge in [-0.3, -0.25) is 4.79 Å². The van der Waals surface area contributed by atoms with Crippen LogP contribution in [-0.4, -0.2) is 40.8 Å². The van der Waals surface area contributed by atoms with Gasteiger partial charge < -0.3 is 14.9 Å². The molecule has 2 unspecified atom stereocenters. The summed E-state index contributed by atoms with van der Waals surface area (Å²) >= 11 is 0. The number of Topliss-reactive ketones (excluding diaryl/α,β-unsaturated/α-hetero) is 1. The molecule has 28 heavy (non-hydrogen) atoms. The summed E-state index contributed by atoms with van der Waals surface area (Å²) in [6.07, 6.45) is 17.1. The first-order valence-electron chi connectivity index (χ1n) is 11.6. The Morgan fingerprint density at radius 1 is 0.714 bits per heavy atom. The van der Waals surface area contributed by atoms with Crippen LogP contribution < -0.4 is 0 Å². The molecule has 0 aliphatic heterocycles. The van der Waals surface area contributed by atoms with Crippen molar-refractivity contribution in [3.8, 4) is 0 Å². The first kappa shape index (κ1) is 27.1. The maximum Gasteiger partial charge on any atom is 0.377 e. The molecule has 0 aliphatic rings. The van der Waals surface area contributed by atoms with Crippen LogP contribution in [0.2, 0.25) is 0 Å². The molecule has 166 valence electrons. The second-order valence-corrected chi connectivity index (χ2v) is 8.07. The van der Waals surface area contributed by atoms with E-state index in [1.54, 1.807) is 0 Å². The van der Waals surface area contributed by atoms with E-state index in [1.807, 2.05) is 0 Å². The zero-order chi connectivity index (χ0) is 21.0. The minimum Gasteiger partial charge on any atom is -0.457 e. The van der Waals surface area contributed by atoms with Crippen molar-refractivity contribution in [2.24, 2.45) is 0 Å². The molecule has 0 aliphatic carbocycles. The second-order valence-electron chi connectivity index (χ2n) is 8.07. The highest BCUT2D eigenvalue weighted by Gasteiger charge is 2.24. The molecule has 0 aromatic carbocycles. The van der Waals surface area contributed by atoms with Gasteiger partial charge in [0.15, 0.2) is 0 Å². The molecule has 0 rings (SSSR count). The summed E-state index contributed by atoms with van der Waals surface area (Å²) in [5.74, 6) is -1.97. The fourth-order valence-corrected chi connectivity index (χ4v) is 3.24. The minimum absolute atomic E-state index is 0.226. The normalized spacial score (nSPS) is 13.3. The quantitative estimate of drug-likeness (QED) is 0.169. The monoisotopic (exact) mass is 400 g/mol. The van der Waals surface area contributed by atoms with Gasteiger partial charge in [0.2, 0.25) is 0 Å². The summed E-state index contributed by atoms with van der Waals surface area (Å²) in [5.41, 5.74) is 0. The van der Waals surface area contributed by atoms with Gasteiger partial charge in [0.05, 0.1) is 6.10 Å². The van der Waals surface area contributed by atoms with Crippen molar-refractivity contribution in [3.05, 3.63) is 0 Å². The Balaban J connectivity index is 3.38. The molecule has 5 heteroatoms. The van der Waals surface area contributed by atoms with Crippen molar-refractivity contribution in [2.45, 2.75) is 129 Å². The van der Waals surface area contributed by atoms with E-state index in [9.17, 15) is 14.7 Å². The molecule has 0 radical (unpaired) electrons. The van der Waals surface area contributed by atoms with Crippen LogP contribution >= 0.6 is 0 Å². The Kier molecular flexibility index (Phi) is 18.7. The Labute approximate surface area is 172 Å². The lowest BCUT2D eigenvalue weighted by Gasteiger charge is -2.10. The van der Waals surface area contributed by atoms with Crippen LogP contribution in [0.1, 0.15) is 117 Å². The molecule has 0 aromatic heterocycles. The van der Waals surface area contributed by atoms with Gasteiger partial charge in [-0.1, -0.05) is 103 Å². The van der Waals surface area contributed by atoms with Gasteiger partial charge in [-0.15, -0.1) is 0 Å². The molecule has 0 heterocycles. The Bertz CT molecular complexity index is 381. The molecule has 0 fully saturated rings. The fourth-order valence-electron chi connectivity index (χ4n) is 3.24. The van der Waals surface area contributed by atoms with E-state index in [1.165, 1.54) is 84.0 Å². The van der Waals surface area contributed by atoms with Crippen LogP contribution in [-0.2, 0) is 14.3 Å². The third-order valence-electron chi connectivity index (χ3n) is 5.04. The highest BCUT2D eigenvalue weighted by Crippen LogP contribution is 2.14. The lowest BCUT2D eigenvalue weighted by Crippen LogP contribution is -2.31. The first-order chi connectivity index (χ1) is 13.5. The molecule has 0 spiro atoms. The molecule has 0 aromatic rings. The van der Waals surface area contributed by atoms with E-state index in [4.69, 9.17) is 5.11 Å².